The summed E-state index contributed by atoms with van der Waals surface area (Å²) in [6.07, 6.45) is 2.71. The molecule has 0 unspecified atom stereocenters. The zero-order chi connectivity index (χ0) is 21.7. The summed E-state index contributed by atoms with van der Waals surface area (Å²) in [7, 11) is 0. The average Bonchev–Trinajstić information content (AvgIpc) is 3.33. The summed E-state index contributed by atoms with van der Waals surface area (Å²) in [6, 6.07) is 13.2. The standard InChI is InChI=1S/C23H18Cl2N4O2/c1-3-19-27-22-21(23-26-16-7-5-6-8-17(16)29(19)23)18(31-20(30)4-2)12-28(22)13-9-10-14(24)15(25)11-13/h5-12H,3-4H2,1-2H3. The maximum absolute atomic E-state index is 12.2. The molecule has 0 spiro atoms. The summed E-state index contributed by atoms with van der Waals surface area (Å²) in [6.45, 7) is 3.81. The van der Waals surface area contributed by atoms with Gasteiger partial charge in [0, 0.05) is 18.5 Å². The van der Waals surface area contributed by atoms with Crippen LogP contribution in [-0.2, 0) is 11.2 Å². The number of aromatic nitrogens is 4. The SMILES string of the molecule is CCC(=O)Oc1cn(-c2ccc(Cl)c(Cl)c2)c2nc(CC)n3c4ccccc4nc3c12. The van der Waals surface area contributed by atoms with Crippen LogP contribution in [0.25, 0.3) is 33.4 Å². The molecule has 0 N–H and O–H groups in total. The van der Waals surface area contributed by atoms with E-state index < -0.39 is 0 Å². The number of ether oxygens (including phenoxy) is 1. The number of hydrogen-bond donors (Lipinski definition) is 0. The van der Waals surface area contributed by atoms with Gasteiger partial charge in [-0.1, -0.05) is 49.2 Å². The molecule has 156 valence electrons. The number of imidazole rings is 1. The van der Waals surface area contributed by atoms with Crippen LogP contribution in [0.3, 0.4) is 0 Å². The first-order valence-corrected chi connectivity index (χ1v) is 10.7. The second-order valence-corrected chi connectivity index (χ2v) is 7.94. The highest BCUT2D eigenvalue weighted by molar-refractivity contribution is 6.42. The molecule has 0 amide bonds. The van der Waals surface area contributed by atoms with Gasteiger partial charge in [-0.2, -0.15) is 0 Å². The second kappa shape index (κ2) is 7.55. The Hall–Kier alpha value is -3.09. The number of aryl methyl sites for hydroxylation is 1. The van der Waals surface area contributed by atoms with Gasteiger partial charge in [-0.05, 0) is 30.3 Å². The molecule has 8 heteroatoms. The predicted molar refractivity (Wildman–Crippen MR) is 123 cm³/mol. The van der Waals surface area contributed by atoms with Crippen molar-refractivity contribution in [2.45, 2.75) is 26.7 Å². The predicted octanol–water partition coefficient (Wildman–Crippen LogP) is 6.01. The summed E-state index contributed by atoms with van der Waals surface area (Å²) in [5.41, 5.74) is 3.89. The van der Waals surface area contributed by atoms with Gasteiger partial charge < -0.3 is 4.74 Å². The number of hydrogen-bond acceptors (Lipinski definition) is 4. The van der Waals surface area contributed by atoms with E-state index in [1.165, 1.54) is 0 Å². The minimum Gasteiger partial charge on any atom is -0.424 e. The molecule has 0 aliphatic rings. The number of carbonyl (C=O) groups excluding carboxylic acids is 1. The van der Waals surface area contributed by atoms with Crippen molar-refractivity contribution in [3.05, 3.63) is 64.5 Å². The first-order chi connectivity index (χ1) is 15.0. The van der Waals surface area contributed by atoms with Crippen LogP contribution in [0.5, 0.6) is 5.75 Å². The van der Waals surface area contributed by atoms with Crippen molar-refractivity contribution < 1.29 is 9.53 Å². The molecule has 0 aliphatic heterocycles. The molecule has 0 aliphatic carbocycles. The minimum absolute atomic E-state index is 0.257. The topological polar surface area (TPSA) is 61.4 Å². The molecule has 5 aromatic rings. The molecule has 0 radical (unpaired) electrons. The van der Waals surface area contributed by atoms with Crippen molar-refractivity contribution >= 4 is 56.9 Å². The summed E-state index contributed by atoms with van der Waals surface area (Å²) in [5, 5.41) is 1.56. The van der Waals surface area contributed by atoms with Crippen molar-refractivity contribution in [1.29, 1.82) is 0 Å². The van der Waals surface area contributed by atoms with Crippen LogP contribution in [0.1, 0.15) is 26.1 Å². The van der Waals surface area contributed by atoms with Gasteiger partial charge in [0.1, 0.15) is 11.2 Å². The molecule has 3 heterocycles. The normalized spacial score (nSPS) is 11.6. The highest BCUT2D eigenvalue weighted by atomic mass is 35.5. The van der Waals surface area contributed by atoms with Crippen molar-refractivity contribution in [3.8, 4) is 11.4 Å². The molecule has 0 saturated carbocycles. The van der Waals surface area contributed by atoms with Crippen LogP contribution >= 0.6 is 23.2 Å². The first kappa shape index (κ1) is 19.8. The van der Waals surface area contributed by atoms with Crippen LogP contribution in [0.2, 0.25) is 10.0 Å². The number of fused-ring (bicyclic) bond motifs is 5. The molecule has 3 aromatic heterocycles. The molecule has 6 nitrogen and oxygen atoms in total. The van der Waals surface area contributed by atoms with E-state index in [9.17, 15) is 4.79 Å². The molecule has 0 fully saturated rings. The smallest absolute Gasteiger partial charge is 0.310 e. The fraction of sp³-hybridized carbons (Fsp3) is 0.174. The van der Waals surface area contributed by atoms with Crippen LogP contribution in [0.15, 0.2) is 48.7 Å². The van der Waals surface area contributed by atoms with E-state index in [1.807, 2.05) is 46.2 Å². The third kappa shape index (κ3) is 3.14. The fourth-order valence-electron chi connectivity index (χ4n) is 3.76. The van der Waals surface area contributed by atoms with Crippen molar-refractivity contribution in [1.82, 2.24) is 18.9 Å². The second-order valence-electron chi connectivity index (χ2n) is 7.13. The Labute approximate surface area is 188 Å². The van der Waals surface area contributed by atoms with E-state index >= 15 is 0 Å². The molecular formula is C23H18Cl2N4O2. The van der Waals surface area contributed by atoms with Gasteiger partial charge in [-0.3, -0.25) is 13.8 Å². The Kier molecular flexibility index (Phi) is 4.84. The molecule has 0 atom stereocenters. The van der Waals surface area contributed by atoms with Crippen LogP contribution in [0, 0.1) is 0 Å². The van der Waals surface area contributed by atoms with E-state index in [0.29, 0.717) is 38.9 Å². The summed E-state index contributed by atoms with van der Waals surface area (Å²) in [5.74, 6) is 0.925. The number of carbonyl (C=O) groups is 1. The van der Waals surface area contributed by atoms with E-state index in [4.69, 9.17) is 37.9 Å². The van der Waals surface area contributed by atoms with Crippen molar-refractivity contribution in [2.75, 3.05) is 0 Å². The number of esters is 1. The van der Waals surface area contributed by atoms with Crippen LogP contribution in [-0.4, -0.2) is 24.9 Å². The maximum Gasteiger partial charge on any atom is 0.310 e. The maximum atomic E-state index is 12.2. The van der Waals surface area contributed by atoms with Gasteiger partial charge in [0.15, 0.2) is 17.0 Å². The fourth-order valence-corrected chi connectivity index (χ4v) is 4.05. The third-order valence-electron chi connectivity index (χ3n) is 5.23. The van der Waals surface area contributed by atoms with E-state index in [1.54, 1.807) is 25.3 Å². The highest BCUT2D eigenvalue weighted by Crippen LogP contribution is 2.36. The summed E-state index contributed by atoms with van der Waals surface area (Å²) in [4.78, 5) is 22.0. The van der Waals surface area contributed by atoms with E-state index in [0.717, 1.165) is 22.5 Å². The Morgan fingerprint density at radius 3 is 2.58 bits per heavy atom. The molecule has 5 rings (SSSR count). The zero-order valence-corrected chi connectivity index (χ0v) is 18.4. The van der Waals surface area contributed by atoms with Crippen LogP contribution < -0.4 is 4.74 Å². The first-order valence-electron chi connectivity index (χ1n) is 9.99. The average molecular weight is 453 g/mol. The Bertz CT molecular complexity index is 1490. The van der Waals surface area contributed by atoms with Crippen LogP contribution in [0.4, 0.5) is 0 Å². The van der Waals surface area contributed by atoms with Gasteiger partial charge in [0.25, 0.3) is 0 Å². The van der Waals surface area contributed by atoms with E-state index in [-0.39, 0.29) is 12.4 Å². The monoisotopic (exact) mass is 452 g/mol. The van der Waals surface area contributed by atoms with Gasteiger partial charge >= 0.3 is 5.97 Å². The molecule has 2 aromatic carbocycles. The zero-order valence-electron chi connectivity index (χ0n) is 16.9. The molecular weight excluding hydrogens is 435 g/mol. The number of benzene rings is 2. The molecule has 0 saturated heterocycles. The Morgan fingerprint density at radius 1 is 1.03 bits per heavy atom. The molecule has 0 bridgehead atoms. The number of para-hydroxylation sites is 2. The van der Waals surface area contributed by atoms with Gasteiger partial charge in [-0.25, -0.2) is 9.97 Å². The number of halogens is 2. The summed E-state index contributed by atoms with van der Waals surface area (Å²) >= 11 is 12.4. The lowest BCUT2D eigenvalue weighted by Crippen LogP contribution is -2.06. The largest absolute Gasteiger partial charge is 0.424 e. The van der Waals surface area contributed by atoms with Crippen molar-refractivity contribution in [2.24, 2.45) is 0 Å². The van der Waals surface area contributed by atoms with Gasteiger partial charge in [0.2, 0.25) is 0 Å². The lowest BCUT2D eigenvalue weighted by atomic mass is 10.3. The summed E-state index contributed by atoms with van der Waals surface area (Å²) < 4.78 is 9.58. The minimum atomic E-state index is -0.331. The Morgan fingerprint density at radius 2 is 1.84 bits per heavy atom. The number of nitrogens with zero attached hydrogens (tertiary/aromatic N) is 4. The molecule has 31 heavy (non-hydrogen) atoms. The Balaban J connectivity index is 1.92. The van der Waals surface area contributed by atoms with E-state index in [2.05, 4.69) is 0 Å². The van der Waals surface area contributed by atoms with Gasteiger partial charge in [0.05, 0.1) is 27.3 Å². The number of rotatable bonds is 4. The lowest BCUT2D eigenvalue weighted by Gasteiger charge is -2.09. The highest BCUT2D eigenvalue weighted by Gasteiger charge is 2.22. The van der Waals surface area contributed by atoms with Gasteiger partial charge in [-0.15, -0.1) is 0 Å². The van der Waals surface area contributed by atoms with Crippen molar-refractivity contribution in [3.63, 3.8) is 0 Å². The quantitative estimate of drug-likeness (QED) is 0.313. The lowest BCUT2D eigenvalue weighted by molar-refractivity contribution is -0.133. The third-order valence-corrected chi connectivity index (χ3v) is 5.97.